The zero-order valence-electron chi connectivity index (χ0n) is 14.3. The Labute approximate surface area is 155 Å². The first-order valence-electron chi connectivity index (χ1n) is 8.02. The lowest BCUT2D eigenvalue weighted by molar-refractivity contribution is 0.473. The zero-order valence-corrected chi connectivity index (χ0v) is 15.9. The number of nitrogens with zero attached hydrogens (tertiary/aromatic N) is 1. The average Bonchev–Trinajstić information content (AvgIpc) is 2.57. The molecule has 3 aromatic rings. The smallest absolute Gasteiger partial charge is 0.221 e. The van der Waals surface area contributed by atoms with Gasteiger partial charge in [-0.2, -0.15) is 4.39 Å². The first kappa shape index (κ1) is 17.6. The molecule has 25 heavy (non-hydrogen) atoms. The highest BCUT2D eigenvalue weighted by Crippen LogP contribution is 2.36. The van der Waals surface area contributed by atoms with Crippen LogP contribution in [-0.2, 0) is 5.41 Å². The van der Waals surface area contributed by atoms with Crippen LogP contribution in [0.1, 0.15) is 26.3 Å². The van der Waals surface area contributed by atoms with Crippen molar-refractivity contribution in [2.24, 2.45) is 0 Å². The fourth-order valence-electron chi connectivity index (χ4n) is 2.67. The van der Waals surface area contributed by atoms with Crippen molar-refractivity contribution in [3.05, 3.63) is 70.6 Å². The summed E-state index contributed by atoms with van der Waals surface area (Å²) < 4.78 is 15.1. The summed E-state index contributed by atoms with van der Waals surface area (Å²) in [6.07, 6.45) is 0. The Morgan fingerprint density at radius 2 is 1.60 bits per heavy atom. The lowest BCUT2D eigenvalue weighted by Crippen LogP contribution is -2.10. The Hall–Kier alpha value is -2.20. The van der Waals surface area contributed by atoms with E-state index >= 15 is 0 Å². The van der Waals surface area contributed by atoms with Gasteiger partial charge in [-0.3, -0.25) is 0 Å². The summed E-state index contributed by atoms with van der Waals surface area (Å²) in [6, 6.07) is 16.5. The van der Waals surface area contributed by atoms with Crippen LogP contribution < -0.4 is 0 Å². The summed E-state index contributed by atoms with van der Waals surface area (Å²) in [5.74, 6) is -0.601. The molecule has 0 bridgehead atoms. The van der Waals surface area contributed by atoms with E-state index < -0.39 is 5.95 Å². The molecule has 0 amide bonds. The molecule has 1 aromatic heterocycles. The highest BCUT2D eigenvalue weighted by molar-refractivity contribution is 9.10. The molecule has 0 unspecified atom stereocenters. The third kappa shape index (κ3) is 3.59. The van der Waals surface area contributed by atoms with Gasteiger partial charge >= 0.3 is 0 Å². The van der Waals surface area contributed by atoms with E-state index in [4.69, 9.17) is 0 Å². The Morgan fingerprint density at radius 1 is 0.920 bits per heavy atom. The van der Waals surface area contributed by atoms with Gasteiger partial charge in [-0.05, 0) is 45.1 Å². The summed E-state index contributed by atoms with van der Waals surface area (Å²) in [7, 11) is 0. The molecule has 1 N–H and O–H groups in total. The normalized spacial score (nSPS) is 11.6. The lowest BCUT2D eigenvalue weighted by atomic mass is 9.86. The lowest BCUT2D eigenvalue weighted by Gasteiger charge is -2.19. The third-order valence-electron chi connectivity index (χ3n) is 4.17. The number of aromatic nitrogens is 1. The SMILES string of the molecule is CC(C)(C)c1ccc(-c2ccc(-c3cccc(Br)c3O)c(F)n2)cc1. The van der Waals surface area contributed by atoms with Crippen LogP contribution in [0.4, 0.5) is 4.39 Å². The van der Waals surface area contributed by atoms with Crippen molar-refractivity contribution in [2.45, 2.75) is 26.2 Å². The number of phenols is 1. The van der Waals surface area contributed by atoms with E-state index in [2.05, 4.69) is 41.7 Å². The number of hydrogen-bond donors (Lipinski definition) is 1. The zero-order chi connectivity index (χ0) is 18.2. The second-order valence-electron chi connectivity index (χ2n) is 7.00. The van der Waals surface area contributed by atoms with Gasteiger partial charge in [0, 0.05) is 16.7 Å². The maximum absolute atomic E-state index is 14.6. The number of aromatic hydroxyl groups is 1. The summed E-state index contributed by atoms with van der Waals surface area (Å²) in [5.41, 5.74) is 3.39. The fraction of sp³-hybridized carbons (Fsp3) is 0.190. The van der Waals surface area contributed by atoms with Crippen LogP contribution in [-0.4, -0.2) is 10.1 Å². The maximum Gasteiger partial charge on any atom is 0.221 e. The van der Waals surface area contributed by atoms with Crippen LogP contribution in [0.25, 0.3) is 22.4 Å². The molecule has 0 saturated carbocycles. The first-order chi connectivity index (χ1) is 11.8. The molecule has 0 aliphatic heterocycles. The molecule has 1 heterocycles. The highest BCUT2D eigenvalue weighted by atomic mass is 79.9. The van der Waals surface area contributed by atoms with Crippen LogP contribution in [0.15, 0.2) is 59.1 Å². The van der Waals surface area contributed by atoms with Gasteiger partial charge in [-0.15, -0.1) is 0 Å². The Bertz CT molecular complexity index is 914. The van der Waals surface area contributed by atoms with E-state index in [9.17, 15) is 9.50 Å². The van der Waals surface area contributed by atoms with Crippen molar-refractivity contribution in [3.63, 3.8) is 0 Å². The largest absolute Gasteiger partial charge is 0.506 e. The molecule has 2 nitrogen and oxygen atoms in total. The van der Waals surface area contributed by atoms with Gasteiger partial charge in [-0.25, -0.2) is 4.98 Å². The molecule has 0 aliphatic rings. The quantitative estimate of drug-likeness (QED) is 0.511. The van der Waals surface area contributed by atoms with E-state index in [0.717, 1.165) is 5.56 Å². The van der Waals surface area contributed by atoms with Crippen LogP contribution >= 0.6 is 15.9 Å². The number of phenolic OH excluding ortho intramolecular Hbond substituents is 1. The third-order valence-corrected chi connectivity index (χ3v) is 4.81. The molecule has 0 aliphatic carbocycles. The number of hydrogen-bond acceptors (Lipinski definition) is 2. The summed E-state index contributed by atoms with van der Waals surface area (Å²) in [5, 5.41) is 10.1. The molecule has 0 saturated heterocycles. The molecular weight excluding hydrogens is 381 g/mol. The van der Waals surface area contributed by atoms with Crippen molar-refractivity contribution in [1.29, 1.82) is 0 Å². The first-order valence-corrected chi connectivity index (χ1v) is 8.82. The number of para-hydroxylation sites is 1. The average molecular weight is 400 g/mol. The van der Waals surface area contributed by atoms with Gasteiger partial charge in [0.05, 0.1) is 10.2 Å². The van der Waals surface area contributed by atoms with Crippen LogP contribution in [0.3, 0.4) is 0 Å². The highest BCUT2D eigenvalue weighted by Gasteiger charge is 2.15. The van der Waals surface area contributed by atoms with Crippen molar-refractivity contribution < 1.29 is 9.50 Å². The van der Waals surface area contributed by atoms with Gasteiger partial charge in [0.15, 0.2) is 0 Å². The molecule has 0 atom stereocenters. The molecule has 0 spiro atoms. The van der Waals surface area contributed by atoms with Gasteiger partial charge in [0.1, 0.15) is 5.75 Å². The van der Waals surface area contributed by atoms with Crippen LogP contribution in [0.5, 0.6) is 5.75 Å². The summed E-state index contributed by atoms with van der Waals surface area (Å²) >= 11 is 3.25. The van der Waals surface area contributed by atoms with Crippen molar-refractivity contribution in [1.82, 2.24) is 4.98 Å². The molecule has 128 valence electrons. The summed E-state index contributed by atoms with van der Waals surface area (Å²) in [4.78, 5) is 4.09. The molecular formula is C21H19BrFNO. The van der Waals surface area contributed by atoms with E-state index in [-0.39, 0.29) is 16.7 Å². The van der Waals surface area contributed by atoms with E-state index in [1.165, 1.54) is 5.56 Å². The topological polar surface area (TPSA) is 33.1 Å². The number of pyridine rings is 1. The van der Waals surface area contributed by atoms with Gasteiger partial charge in [0.25, 0.3) is 0 Å². The van der Waals surface area contributed by atoms with E-state index in [1.807, 2.05) is 24.3 Å². The van der Waals surface area contributed by atoms with Crippen molar-refractivity contribution >= 4 is 15.9 Å². The standard InChI is InChI=1S/C21H19BrFNO/c1-21(2,3)14-9-7-13(8-10-14)18-12-11-16(20(23)24-18)15-5-4-6-17(22)19(15)25/h4-12,25H,1-3H3. The Balaban J connectivity index is 1.99. The minimum absolute atomic E-state index is 0.00507. The van der Waals surface area contributed by atoms with Gasteiger partial charge in [-0.1, -0.05) is 57.2 Å². The van der Waals surface area contributed by atoms with E-state index in [0.29, 0.717) is 15.7 Å². The Kier molecular flexibility index (Phi) is 4.65. The van der Waals surface area contributed by atoms with Gasteiger partial charge in [0.2, 0.25) is 5.95 Å². The van der Waals surface area contributed by atoms with Crippen LogP contribution in [0, 0.1) is 5.95 Å². The second-order valence-corrected chi connectivity index (χ2v) is 7.85. The monoisotopic (exact) mass is 399 g/mol. The van der Waals surface area contributed by atoms with Crippen molar-refractivity contribution in [2.75, 3.05) is 0 Å². The van der Waals surface area contributed by atoms with Crippen molar-refractivity contribution in [3.8, 4) is 28.1 Å². The predicted molar refractivity (Wildman–Crippen MR) is 103 cm³/mol. The fourth-order valence-corrected chi connectivity index (χ4v) is 3.04. The minimum Gasteiger partial charge on any atom is -0.506 e. The Morgan fingerprint density at radius 3 is 2.20 bits per heavy atom. The molecule has 0 fully saturated rings. The maximum atomic E-state index is 14.6. The molecule has 3 rings (SSSR count). The van der Waals surface area contributed by atoms with Crippen LogP contribution in [0.2, 0.25) is 0 Å². The number of benzene rings is 2. The number of halogens is 2. The minimum atomic E-state index is -0.606. The second kappa shape index (κ2) is 6.60. The summed E-state index contributed by atoms with van der Waals surface area (Å²) in [6.45, 7) is 6.46. The van der Waals surface area contributed by atoms with E-state index in [1.54, 1.807) is 30.3 Å². The molecule has 2 aromatic carbocycles. The van der Waals surface area contributed by atoms with Gasteiger partial charge < -0.3 is 5.11 Å². The molecule has 0 radical (unpaired) electrons. The molecule has 4 heteroatoms. The predicted octanol–water partition coefficient (Wildman–Crippen LogP) is 6.32. The number of rotatable bonds is 2.